The third-order valence-electron chi connectivity index (χ3n) is 2.81. The number of benzene rings is 1. The lowest BCUT2D eigenvalue weighted by Gasteiger charge is -2.10. The molecule has 2 rings (SSSR count). The van der Waals surface area contributed by atoms with Crippen LogP contribution in [0.25, 0.3) is 0 Å². The van der Waals surface area contributed by atoms with Crippen LogP contribution in [-0.2, 0) is 6.54 Å². The molecule has 0 aliphatic rings. The Hall–Kier alpha value is -1.41. The number of hydrogen-bond acceptors (Lipinski definition) is 1. The maximum Gasteiger partial charge on any atom is 0.119 e. The molecular weight excluding hydrogens is 234 g/mol. The van der Waals surface area contributed by atoms with Gasteiger partial charge in [0.15, 0.2) is 0 Å². The lowest BCUT2D eigenvalue weighted by molar-refractivity contribution is 0.296. The fourth-order valence-electron chi connectivity index (χ4n) is 1.84. The molecule has 0 unspecified atom stereocenters. The third kappa shape index (κ3) is 3.04. The topological polar surface area (TPSA) is 14.2 Å². The van der Waals surface area contributed by atoms with E-state index < -0.39 is 0 Å². The van der Waals surface area contributed by atoms with Crippen molar-refractivity contribution in [2.45, 2.75) is 20.4 Å². The van der Waals surface area contributed by atoms with Crippen LogP contribution in [0.15, 0.2) is 36.4 Å². The zero-order valence-electron chi connectivity index (χ0n) is 10.1. The van der Waals surface area contributed by atoms with Crippen molar-refractivity contribution in [3.05, 3.63) is 52.8 Å². The highest BCUT2D eigenvalue weighted by molar-refractivity contribution is 6.30. The van der Waals surface area contributed by atoms with Gasteiger partial charge < -0.3 is 9.30 Å². The molecule has 0 fully saturated rings. The van der Waals surface area contributed by atoms with E-state index in [0.29, 0.717) is 6.61 Å². The molecule has 0 atom stereocenters. The Labute approximate surface area is 107 Å². The monoisotopic (exact) mass is 249 g/mol. The average molecular weight is 250 g/mol. The summed E-state index contributed by atoms with van der Waals surface area (Å²) < 4.78 is 7.91. The first-order valence-electron chi connectivity index (χ1n) is 5.68. The van der Waals surface area contributed by atoms with Gasteiger partial charge in [-0.25, -0.2) is 0 Å². The van der Waals surface area contributed by atoms with E-state index in [9.17, 15) is 0 Å². The number of ether oxygens (including phenoxy) is 1. The lowest BCUT2D eigenvalue weighted by Crippen LogP contribution is -2.10. The zero-order chi connectivity index (χ0) is 12.3. The lowest BCUT2D eigenvalue weighted by atomic mass is 10.3. The van der Waals surface area contributed by atoms with Gasteiger partial charge in [0.05, 0.1) is 6.54 Å². The zero-order valence-corrected chi connectivity index (χ0v) is 10.9. The molecular formula is C14H16ClNO. The van der Waals surface area contributed by atoms with Crippen LogP contribution in [0, 0.1) is 13.8 Å². The van der Waals surface area contributed by atoms with Crippen molar-refractivity contribution >= 4 is 11.6 Å². The minimum absolute atomic E-state index is 0.665. The third-order valence-corrected chi connectivity index (χ3v) is 3.07. The Kier molecular flexibility index (Phi) is 3.75. The molecule has 1 aromatic carbocycles. The van der Waals surface area contributed by atoms with Crippen LogP contribution >= 0.6 is 11.6 Å². The molecule has 0 aliphatic carbocycles. The molecule has 3 heteroatoms. The van der Waals surface area contributed by atoms with Gasteiger partial charge in [-0.3, -0.25) is 0 Å². The predicted molar refractivity (Wildman–Crippen MR) is 70.9 cm³/mol. The summed E-state index contributed by atoms with van der Waals surface area (Å²) in [5, 5.41) is 0.731. The number of halogens is 1. The van der Waals surface area contributed by atoms with Crippen LogP contribution in [0.3, 0.4) is 0 Å². The van der Waals surface area contributed by atoms with E-state index in [4.69, 9.17) is 16.3 Å². The molecule has 2 aromatic rings. The molecule has 0 saturated heterocycles. The van der Waals surface area contributed by atoms with Crippen molar-refractivity contribution < 1.29 is 4.74 Å². The van der Waals surface area contributed by atoms with Crippen LogP contribution < -0.4 is 4.74 Å². The number of rotatable bonds is 4. The first-order chi connectivity index (χ1) is 8.16. The van der Waals surface area contributed by atoms with Crippen LogP contribution in [0.2, 0.25) is 5.02 Å². The van der Waals surface area contributed by atoms with E-state index in [0.717, 1.165) is 17.3 Å². The van der Waals surface area contributed by atoms with Crippen molar-refractivity contribution in [2.24, 2.45) is 0 Å². The van der Waals surface area contributed by atoms with Gasteiger partial charge >= 0.3 is 0 Å². The molecule has 17 heavy (non-hydrogen) atoms. The minimum atomic E-state index is 0.665. The number of aryl methyl sites for hydroxylation is 2. The maximum absolute atomic E-state index is 5.81. The van der Waals surface area contributed by atoms with Crippen LogP contribution in [0.5, 0.6) is 5.75 Å². The highest BCUT2D eigenvalue weighted by Gasteiger charge is 2.00. The average Bonchev–Trinajstić information content (AvgIpc) is 2.63. The van der Waals surface area contributed by atoms with Gasteiger partial charge in [0, 0.05) is 16.4 Å². The second kappa shape index (κ2) is 5.28. The Bertz CT molecular complexity index is 468. The van der Waals surface area contributed by atoms with Crippen molar-refractivity contribution in [3.8, 4) is 5.75 Å². The summed E-state index contributed by atoms with van der Waals surface area (Å²) in [6.07, 6.45) is 0. The van der Waals surface area contributed by atoms with E-state index in [2.05, 4.69) is 30.5 Å². The minimum Gasteiger partial charge on any atom is -0.492 e. The molecule has 2 nitrogen and oxygen atoms in total. The Morgan fingerprint density at radius 2 is 1.59 bits per heavy atom. The Balaban J connectivity index is 1.90. The molecule has 0 amide bonds. The highest BCUT2D eigenvalue weighted by Crippen LogP contribution is 2.15. The Morgan fingerprint density at radius 1 is 1.00 bits per heavy atom. The second-order valence-electron chi connectivity index (χ2n) is 4.07. The first kappa shape index (κ1) is 12.1. The summed E-state index contributed by atoms with van der Waals surface area (Å²) in [4.78, 5) is 0. The molecule has 90 valence electrons. The molecule has 0 radical (unpaired) electrons. The van der Waals surface area contributed by atoms with E-state index in [-0.39, 0.29) is 0 Å². The fourth-order valence-corrected chi connectivity index (χ4v) is 1.96. The van der Waals surface area contributed by atoms with Crippen molar-refractivity contribution in [3.63, 3.8) is 0 Å². The highest BCUT2D eigenvalue weighted by atomic mass is 35.5. The van der Waals surface area contributed by atoms with Crippen LogP contribution in [0.1, 0.15) is 11.4 Å². The summed E-state index contributed by atoms with van der Waals surface area (Å²) >= 11 is 5.81. The van der Waals surface area contributed by atoms with Gasteiger partial charge in [-0.15, -0.1) is 0 Å². The van der Waals surface area contributed by atoms with E-state index >= 15 is 0 Å². The van der Waals surface area contributed by atoms with Gasteiger partial charge in [-0.1, -0.05) is 11.6 Å². The van der Waals surface area contributed by atoms with Gasteiger partial charge in [0.2, 0.25) is 0 Å². The molecule has 1 heterocycles. The number of hydrogen-bond donors (Lipinski definition) is 0. The SMILES string of the molecule is Cc1ccc(C)n1CCOc1ccc(Cl)cc1. The molecule has 1 aromatic heterocycles. The molecule has 0 saturated carbocycles. The fraction of sp³-hybridized carbons (Fsp3) is 0.286. The van der Waals surface area contributed by atoms with Gasteiger partial charge in [0.1, 0.15) is 12.4 Å². The van der Waals surface area contributed by atoms with Gasteiger partial charge in [-0.05, 0) is 50.2 Å². The summed E-state index contributed by atoms with van der Waals surface area (Å²) in [5.74, 6) is 0.858. The summed E-state index contributed by atoms with van der Waals surface area (Å²) in [6.45, 7) is 5.75. The van der Waals surface area contributed by atoms with Crippen molar-refractivity contribution in [1.29, 1.82) is 0 Å². The maximum atomic E-state index is 5.81. The quantitative estimate of drug-likeness (QED) is 0.803. The second-order valence-corrected chi connectivity index (χ2v) is 4.51. The normalized spacial score (nSPS) is 10.5. The van der Waals surface area contributed by atoms with E-state index in [1.165, 1.54) is 11.4 Å². The van der Waals surface area contributed by atoms with Crippen LogP contribution in [-0.4, -0.2) is 11.2 Å². The summed E-state index contributed by atoms with van der Waals surface area (Å²) in [6, 6.07) is 11.7. The molecule has 0 bridgehead atoms. The van der Waals surface area contributed by atoms with Crippen molar-refractivity contribution in [1.82, 2.24) is 4.57 Å². The Morgan fingerprint density at radius 3 is 2.18 bits per heavy atom. The smallest absolute Gasteiger partial charge is 0.119 e. The first-order valence-corrected chi connectivity index (χ1v) is 6.06. The summed E-state index contributed by atoms with van der Waals surface area (Å²) in [5.41, 5.74) is 2.53. The number of nitrogens with zero attached hydrogens (tertiary/aromatic N) is 1. The van der Waals surface area contributed by atoms with Crippen molar-refractivity contribution in [2.75, 3.05) is 6.61 Å². The predicted octanol–water partition coefficient (Wildman–Crippen LogP) is 3.84. The summed E-state index contributed by atoms with van der Waals surface area (Å²) in [7, 11) is 0. The molecule has 0 spiro atoms. The van der Waals surface area contributed by atoms with Crippen LogP contribution in [0.4, 0.5) is 0 Å². The molecule has 0 N–H and O–H groups in total. The van der Waals surface area contributed by atoms with Gasteiger partial charge in [-0.2, -0.15) is 0 Å². The number of aromatic nitrogens is 1. The van der Waals surface area contributed by atoms with E-state index in [1.807, 2.05) is 24.3 Å². The standard InChI is InChI=1S/C14H16ClNO/c1-11-3-4-12(2)16(11)9-10-17-14-7-5-13(15)6-8-14/h3-8H,9-10H2,1-2H3. The van der Waals surface area contributed by atoms with Gasteiger partial charge in [0.25, 0.3) is 0 Å². The van der Waals surface area contributed by atoms with E-state index in [1.54, 1.807) is 0 Å². The largest absolute Gasteiger partial charge is 0.492 e. The molecule has 0 aliphatic heterocycles.